The fourth-order valence-electron chi connectivity index (χ4n) is 2.29. The van der Waals surface area contributed by atoms with Crippen molar-refractivity contribution in [3.63, 3.8) is 0 Å². The maximum atomic E-state index is 11.9. The summed E-state index contributed by atoms with van der Waals surface area (Å²) in [7, 11) is 0. The van der Waals surface area contributed by atoms with Gasteiger partial charge in [-0.05, 0) is 24.3 Å². The van der Waals surface area contributed by atoms with Crippen LogP contribution in [0.2, 0.25) is 0 Å². The van der Waals surface area contributed by atoms with Crippen LogP contribution in [0.1, 0.15) is 18.4 Å². The van der Waals surface area contributed by atoms with Crippen LogP contribution in [0.4, 0.5) is 4.79 Å². The zero-order chi connectivity index (χ0) is 14.4. The van der Waals surface area contributed by atoms with Crippen LogP contribution in [0.15, 0.2) is 30.3 Å². The molecule has 1 aliphatic heterocycles. The average molecular weight is 319 g/mol. The number of carbonyl (C=O) groups is 1. The fraction of sp³-hybridized carbons (Fsp3) is 0.500. The number of nitrogens with zero attached hydrogens (tertiary/aromatic N) is 1. The second-order valence-corrected chi connectivity index (χ2v) is 5.88. The molecule has 0 spiro atoms. The largest absolute Gasteiger partial charge is 1.00 e. The van der Waals surface area contributed by atoms with Crippen molar-refractivity contribution in [2.24, 2.45) is 5.92 Å². The molecule has 0 aromatic heterocycles. The number of benzene rings is 1. The summed E-state index contributed by atoms with van der Waals surface area (Å²) in [6.45, 7) is 1.40. The van der Waals surface area contributed by atoms with Crippen LogP contribution in [0.5, 0.6) is 0 Å². The first kappa shape index (κ1) is 18.6. The summed E-state index contributed by atoms with van der Waals surface area (Å²) < 4.78 is 26.5. The Balaban J connectivity index is 0.00000220. The van der Waals surface area contributed by atoms with E-state index in [1.807, 2.05) is 30.3 Å². The molecule has 2 rings (SSSR count). The maximum absolute atomic E-state index is 11.9. The number of carbonyl (C=O) groups excluding carboxylic acids is 1. The zero-order valence-electron chi connectivity index (χ0n) is 12.2. The van der Waals surface area contributed by atoms with Crippen molar-refractivity contribution in [3.8, 4) is 0 Å². The summed E-state index contributed by atoms with van der Waals surface area (Å²) in [6, 6.07) is 9.53. The summed E-state index contributed by atoms with van der Waals surface area (Å²) in [4.78, 5) is 13.5. The Labute approximate surface area is 149 Å². The van der Waals surface area contributed by atoms with Crippen LogP contribution in [0, 0.1) is 5.92 Å². The second-order valence-electron chi connectivity index (χ2n) is 4.94. The minimum absolute atomic E-state index is 0. The van der Waals surface area contributed by atoms with Gasteiger partial charge in [-0.1, -0.05) is 41.4 Å². The van der Waals surface area contributed by atoms with Crippen LogP contribution >= 0.6 is 0 Å². The van der Waals surface area contributed by atoms with E-state index in [1.54, 1.807) is 4.90 Å². The van der Waals surface area contributed by atoms with Crippen molar-refractivity contribution in [3.05, 3.63) is 35.9 Å². The van der Waals surface area contributed by atoms with E-state index in [1.165, 1.54) is 0 Å². The molecule has 0 N–H and O–H groups in total. The minimum Gasteiger partial charge on any atom is -0.772 e. The first-order valence-corrected chi connectivity index (χ1v) is 7.91. The van der Waals surface area contributed by atoms with Crippen LogP contribution in [0.25, 0.3) is 0 Å². The van der Waals surface area contributed by atoms with Crippen molar-refractivity contribution in [2.45, 2.75) is 19.4 Å². The number of rotatable bonds is 4. The van der Waals surface area contributed by atoms with Gasteiger partial charge < -0.3 is 14.2 Å². The van der Waals surface area contributed by atoms with Crippen molar-refractivity contribution in [1.82, 2.24) is 4.90 Å². The Kier molecular flexibility index (Phi) is 8.51. The molecular weight excluding hydrogens is 301 g/mol. The van der Waals surface area contributed by atoms with Gasteiger partial charge in [-0.15, -0.1) is 0 Å². The predicted molar refractivity (Wildman–Crippen MR) is 74.7 cm³/mol. The van der Waals surface area contributed by atoms with Crippen LogP contribution in [-0.2, 0) is 22.4 Å². The van der Waals surface area contributed by atoms with Gasteiger partial charge in [0.15, 0.2) is 0 Å². The summed E-state index contributed by atoms with van der Waals surface area (Å²) in [6.07, 6.45) is 1.11. The van der Waals surface area contributed by atoms with Gasteiger partial charge in [-0.3, -0.25) is 4.21 Å². The molecule has 1 amide bonds. The summed E-state index contributed by atoms with van der Waals surface area (Å²) >= 11 is -2.00. The normalized spacial score (nSPS) is 16.9. The van der Waals surface area contributed by atoms with Crippen molar-refractivity contribution >= 4 is 17.2 Å². The molecule has 0 saturated carbocycles. The maximum Gasteiger partial charge on any atom is 1.00 e. The Morgan fingerprint density at radius 1 is 1.29 bits per heavy atom. The number of piperidine rings is 1. The minimum atomic E-state index is -2.00. The molecule has 1 heterocycles. The van der Waals surface area contributed by atoms with E-state index in [0.717, 1.165) is 5.56 Å². The Bertz CT molecular complexity index is 463. The predicted octanol–water partition coefficient (Wildman–Crippen LogP) is -1.08. The molecule has 1 fully saturated rings. The quantitative estimate of drug-likeness (QED) is 0.523. The van der Waals surface area contributed by atoms with Gasteiger partial charge in [0.2, 0.25) is 0 Å². The van der Waals surface area contributed by atoms with Gasteiger partial charge >= 0.3 is 35.7 Å². The third kappa shape index (κ3) is 6.48. The molecule has 0 aliphatic carbocycles. The first-order valence-electron chi connectivity index (χ1n) is 6.66. The third-order valence-corrected chi connectivity index (χ3v) is 4.19. The standard InChI is InChI=1S/C14H19NO4S.Na/c16-14(19-10-12-4-2-1-3-5-12)15-8-6-13(7-9-15)11-20(17)18;/h1-5,13H,6-11H2,(H,17,18);/q;+1/p-1. The molecule has 0 radical (unpaired) electrons. The molecular formula is C14H18NNaO4S. The third-order valence-electron chi connectivity index (χ3n) is 3.45. The van der Waals surface area contributed by atoms with Gasteiger partial charge in [0.1, 0.15) is 6.61 Å². The van der Waals surface area contributed by atoms with Crippen LogP contribution in [-0.4, -0.2) is 38.6 Å². The van der Waals surface area contributed by atoms with E-state index in [-0.39, 0.29) is 53.9 Å². The second kappa shape index (κ2) is 9.58. The molecule has 7 heteroatoms. The van der Waals surface area contributed by atoms with E-state index < -0.39 is 11.1 Å². The van der Waals surface area contributed by atoms with Gasteiger partial charge in [-0.2, -0.15) is 0 Å². The average Bonchev–Trinajstić information content (AvgIpc) is 2.46. The molecule has 1 aromatic carbocycles. The summed E-state index contributed by atoms with van der Waals surface area (Å²) in [5.74, 6) is 0.346. The van der Waals surface area contributed by atoms with Crippen LogP contribution < -0.4 is 29.6 Å². The molecule has 0 bridgehead atoms. The monoisotopic (exact) mass is 319 g/mol. The molecule has 1 aromatic rings. The molecule has 110 valence electrons. The number of hydrogen-bond acceptors (Lipinski definition) is 4. The van der Waals surface area contributed by atoms with E-state index in [4.69, 9.17) is 4.74 Å². The molecule has 1 saturated heterocycles. The number of amides is 1. The smallest absolute Gasteiger partial charge is 0.772 e. The van der Waals surface area contributed by atoms with E-state index in [9.17, 15) is 13.6 Å². The Morgan fingerprint density at radius 2 is 1.90 bits per heavy atom. The van der Waals surface area contributed by atoms with Crippen molar-refractivity contribution in [2.75, 3.05) is 18.8 Å². The molecule has 1 atom stereocenters. The molecule has 5 nitrogen and oxygen atoms in total. The number of hydrogen-bond donors (Lipinski definition) is 0. The zero-order valence-corrected chi connectivity index (χ0v) is 15.0. The fourth-order valence-corrected chi connectivity index (χ4v) is 3.00. The number of ether oxygens (including phenoxy) is 1. The topological polar surface area (TPSA) is 69.7 Å². The molecule has 1 aliphatic rings. The van der Waals surface area contributed by atoms with Crippen LogP contribution in [0.3, 0.4) is 0 Å². The van der Waals surface area contributed by atoms with Gasteiger partial charge in [0.05, 0.1) is 0 Å². The van der Waals surface area contributed by atoms with Crippen molar-refractivity contribution < 1.29 is 47.9 Å². The van der Waals surface area contributed by atoms with E-state index in [0.29, 0.717) is 25.9 Å². The van der Waals surface area contributed by atoms with E-state index >= 15 is 0 Å². The Morgan fingerprint density at radius 3 is 2.48 bits per heavy atom. The van der Waals surface area contributed by atoms with Gasteiger partial charge in [0, 0.05) is 18.8 Å². The molecule has 21 heavy (non-hydrogen) atoms. The Hall–Kier alpha value is -0.400. The summed E-state index contributed by atoms with van der Waals surface area (Å²) in [5.41, 5.74) is 0.956. The van der Waals surface area contributed by atoms with Crippen molar-refractivity contribution in [1.29, 1.82) is 0 Å². The van der Waals surface area contributed by atoms with Gasteiger partial charge in [0.25, 0.3) is 0 Å². The summed E-state index contributed by atoms with van der Waals surface area (Å²) in [5, 5.41) is 0. The number of likely N-dealkylation sites (tertiary alicyclic amines) is 1. The van der Waals surface area contributed by atoms with E-state index in [2.05, 4.69) is 0 Å². The first-order chi connectivity index (χ1) is 9.65. The molecule has 1 unspecified atom stereocenters. The van der Waals surface area contributed by atoms with Gasteiger partial charge in [-0.25, -0.2) is 4.79 Å². The SMILES string of the molecule is O=C(OCc1ccccc1)N1CCC(CS(=O)[O-])CC1.[Na+].